The molecule has 0 N–H and O–H groups in total. The fraction of sp³-hybridized carbons (Fsp3) is 0. The molecule has 0 heterocycles. The van der Waals surface area contributed by atoms with Gasteiger partial charge in [-0.3, -0.25) is 0 Å². The van der Waals surface area contributed by atoms with Crippen LogP contribution in [-0.4, -0.2) is 0 Å². The number of benzene rings is 10. The number of rotatable bonds is 1. The summed E-state index contributed by atoms with van der Waals surface area (Å²) in [6, 6.07) is 55.0. The molecule has 0 fully saturated rings. The second kappa shape index (κ2) is 7.99. The van der Waals surface area contributed by atoms with E-state index in [0.717, 1.165) is 0 Å². The maximum Gasteiger partial charge on any atom is -0.000739 e. The first kappa shape index (κ1) is 23.4. The molecule has 0 bridgehead atoms. The molecular formula is C46H24. The van der Waals surface area contributed by atoms with E-state index in [-0.39, 0.29) is 0 Å². The second-order valence-electron chi connectivity index (χ2n) is 13.1. The summed E-state index contributed by atoms with van der Waals surface area (Å²) in [6.07, 6.45) is 0. The molecular weight excluding hydrogens is 553 g/mol. The van der Waals surface area contributed by atoms with Crippen LogP contribution < -0.4 is 0 Å². The van der Waals surface area contributed by atoms with Gasteiger partial charge in [0.1, 0.15) is 0 Å². The van der Waals surface area contributed by atoms with Gasteiger partial charge in [0.25, 0.3) is 0 Å². The van der Waals surface area contributed by atoms with Crippen LogP contribution in [-0.2, 0) is 0 Å². The molecule has 0 atom stereocenters. The first-order chi connectivity index (χ1) is 22.8. The van der Waals surface area contributed by atoms with Crippen molar-refractivity contribution in [3.05, 3.63) is 146 Å². The summed E-state index contributed by atoms with van der Waals surface area (Å²) in [5.41, 5.74) is 2.55. The Hall–Kier alpha value is -5.98. The molecule has 0 aliphatic heterocycles. The lowest BCUT2D eigenvalue weighted by Gasteiger charge is -2.19. The predicted molar refractivity (Wildman–Crippen MR) is 200 cm³/mol. The van der Waals surface area contributed by atoms with E-state index in [2.05, 4.69) is 146 Å². The monoisotopic (exact) mass is 576 g/mol. The topological polar surface area (TPSA) is 0 Å². The second-order valence-corrected chi connectivity index (χ2v) is 13.1. The zero-order valence-corrected chi connectivity index (χ0v) is 24.9. The van der Waals surface area contributed by atoms with Crippen molar-refractivity contribution >= 4 is 108 Å². The highest BCUT2D eigenvalue weighted by Crippen LogP contribution is 2.53. The fourth-order valence-corrected chi connectivity index (χ4v) is 9.34. The van der Waals surface area contributed by atoms with Crippen LogP contribution in [0.25, 0.3) is 119 Å². The van der Waals surface area contributed by atoms with Crippen LogP contribution in [0.1, 0.15) is 0 Å². The first-order valence-corrected chi connectivity index (χ1v) is 16.2. The Labute approximate surface area is 263 Å². The van der Waals surface area contributed by atoms with Gasteiger partial charge >= 0.3 is 0 Å². The van der Waals surface area contributed by atoms with Crippen molar-refractivity contribution in [3.8, 4) is 11.1 Å². The molecule has 0 aromatic heterocycles. The van der Waals surface area contributed by atoms with Gasteiger partial charge < -0.3 is 0 Å². The molecule has 46 heavy (non-hydrogen) atoms. The van der Waals surface area contributed by atoms with Crippen molar-refractivity contribution in [2.45, 2.75) is 0 Å². The molecule has 12 aromatic rings. The van der Waals surface area contributed by atoms with E-state index in [4.69, 9.17) is 0 Å². The third kappa shape index (κ3) is 2.62. The Morgan fingerprint density at radius 3 is 1.28 bits per heavy atom. The van der Waals surface area contributed by atoms with Crippen molar-refractivity contribution in [3.63, 3.8) is 0 Å². The van der Waals surface area contributed by atoms with Crippen LogP contribution in [0, 0.1) is 0 Å². The van der Waals surface area contributed by atoms with Gasteiger partial charge in [0.15, 0.2) is 0 Å². The van der Waals surface area contributed by atoms with E-state index in [1.807, 2.05) is 0 Å². The minimum atomic E-state index is 1.26. The van der Waals surface area contributed by atoms with Gasteiger partial charge in [-0.25, -0.2) is 0 Å². The van der Waals surface area contributed by atoms with Crippen LogP contribution in [0.4, 0.5) is 0 Å². The Morgan fingerprint density at radius 1 is 0.217 bits per heavy atom. The zero-order chi connectivity index (χ0) is 29.7. The van der Waals surface area contributed by atoms with Crippen LogP contribution >= 0.6 is 0 Å². The fourth-order valence-electron chi connectivity index (χ4n) is 9.34. The Morgan fingerprint density at radius 2 is 0.696 bits per heavy atom. The lowest BCUT2D eigenvalue weighted by atomic mass is 9.84. The lowest BCUT2D eigenvalue weighted by molar-refractivity contribution is 1.67. The molecule has 0 unspecified atom stereocenters. The average Bonchev–Trinajstić information content (AvgIpc) is 3.61. The van der Waals surface area contributed by atoms with Crippen LogP contribution in [0.2, 0.25) is 0 Å². The molecule has 0 aliphatic rings. The molecule has 0 aliphatic carbocycles. The van der Waals surface area contributed by atoms with E-state index in [0.29, 0.717) is 0 Å². The SMILES string of the molecule is c1ccc(-c2ccc3c4c2cccc4c2c4c(cc5cc6c7cccc8cccc(c87)c6c3c52)c2cccc3cccc4c32)cc1. The summed E-state index contributed by atoms with van der Waals surface area (Å²) in [5, 5.41) is 27.2. The molecule has 0 spiro atoms. The highest BCUT2D eigenvalue weighted by atomic mass is 14.3. The van der Waals surface area contributed by atoms with E-state index in [9.17, 15) is 0 Å². The Balaban J connectivity index is 1.47. The highest BCUT2D eigenvalue weighted by Gasteiger charge is 2.24. The Kier molecular flexibility index (Phi) is 4.07. The summed E-state index contributed by atoms with van der Waals surface area (Å²) < 4.78 is 0. The third-order valence-corrected chi connectivity index (χ3v) is 11.0. The van der Waals surface area contributed by atoms with Gasteiger partial charge in [0.05, 0.1) is 0 Å². The first-order valence-electron chi connectivity index (χ1n) is 16.2. The smallest absolute Gasteiger partial charge is 0.000739 e. The maximum atomic E-state index is 2.50. The number of hydrogen-bond donors (Lipinski definition) is 0. The highest BCUT2D eigenvalue weighted by molar-refractivity contribution is 6.50. The molecule has 0 amide bonds. The molecule has 12 aromatic carbocycles. The lowest BCUT2D eigenvalue weighted by Crippen LogP contribution is -1.90. The third-order valence-electron chi connectivity index (χ3n) is 11.0. The molecule has 0 heteroatoms. The minimum absolute atomic E-state index is 1.26. The van der Waals surface area contributed by atoms with Gasteiger partial charge in [-0.1, -0.05) is 133 Å². The summed E-state index contributed by atoms with van der Waals surface area (Å²) >= 11 is 0. The van der Waals surface area contributed by atoms with Gasteiger partial charge in [0, 0.05) is 0 Å². The predicted octanol–water partition coefficient (Wildman–Crippen LogP) is 13.2. The largest absolute Gasteiger partial charge is 0.0622 e. The normalized spacial score (nSPS) is 12.8. The summed E-state index contributed by atoms with van der Waals surface area (Å²) in [7, 11) is 0. The van der Waals surface area contributed by atoms with Gasteiger partial charge in [0.2, 0.25) is 0 Å². The van der Waals surface area contributed by atoms with Gasteiger partial charge in [-0.2, -0.15) is 0 Å². The van der Waals surface area contributed by atoms with E-state index in [1.165, 1.54) is 119 Å². The average molecular weight is 577 g/mol. The van der Waals surface area contributed by atoms with Crippen molar-refractivity contribution in [2.75, 3.05) is 0 Å². The molecule has 0 saturated carbocycles. The Bertz CT molecular complexity index is 3050. The van der Waals surface area contributed by atoms with Crippen LogP contribution in [0.5, 0.6) is 0 Å². The van der Waals surface area contributed by atoms with Crippen LogP contribution in [0.15, 0.2) is 146 Å². The van der Waals surface area contributed by atoms with Crippen molar-refractivity contribution < 1.29 is 0 Å². The van der Waals surface area contributed by atoms with Crippen LogP contribution in [0.3, 0.4) is 0 Å². The van der Waals surface area contributed by atoms with Crippen molar-refractivity contribution in [1.82, 2.24) is 0 Å². The van der Waals surface area contributed by atoms with Crippen molar-refractivity contribution in [1.29, 1.82) is 0 Å². The van der Waals surface area contributed by atoms with E-state index >= 15 is 0 Å². The quantitative estimate of drug-likeness (QED) is 0.135. The summed E-state index contributed by atoms with van der Waals surface area (Å²) in [6.45, 7) is 0. The molecule has 0 radical (unpaired) electrons. The van der Waals surface area contributed by atoms with E-state index < -0.39 is 0 Å². The van der Waals surface area contributed by atoms with Crippen molar-refractivity contribution in [2.24, 2.45) is 0 Å². The van der Waals surface area contributed by atoms with Gasteiger partial charge in [-0.05, 0) is 131 Å². The molecule has 0 nitrogen and oxygen atoms in total. The molecule has 12 rings (SSSR count). The number of hydrogen-bond acceptors (Lipinski definition) is 0. The number of fused-ring (bicyclic) bond motifs is 10. The minimum Gasteiger partial charge on any atom is -0.0622 e. The maximum absolute atomic E-state index is 2.50. The van der Waals surface area contributed by atoms with Gasteiger partial charge in [-0.15, -0.1) is 0 Å². The summed E-state index contributed by atoms with van der Waals surface area (Å²) in [4.78, 5) is 0. The molecule has 0 saturated heterocycles. The zero-order valence-electron chi connectivity index (χ0n) is 24.9. The summed E-state index contributed by atoms with van der Waals surface area (Å²) in [5.74, 6) is 0. The standard InChI is InChI=1S/C46H24/c1-2-9-25(10-3-1)29-21-22-36-42-30(29)17-8-20-35(42)45-41-28(23-37-31-15-4-11-26-13-6-18-33(39(26)31)43(37)45)24-38-32-16-5-12-27-14-7-19-34(40(27)32)44(38)46(36)41/h1-24H. The van der Waals surface area contributed by atoms with E-state index in [1.54, 1.807) is 0 Å². The molecule has 208 valence electrons.